The van der Waals surface area contributed by atoms with E-state index in [0.29, 0.717) is 0 Å². The number of rotatable bonds is 4. The summed E-state index contributed by atoms with van der Waals surface area (Å²) in [6.45, 7) is 7.49. The molecule has 0 unspecified atom stereocenters. The zero-order valence-electron chi connectivity index (χ0n) is 10.5. The van der Waals surface area contributed by atoms with Crippen molar-refractivity contribution < 1.29 is 4.79 Å². The molecule has 0 aliphatic carbocycles. The van der Waals surface area contributed by atoms with E-state index in [1.54, 1.807) is 0 Å². The number of benzene rings is 1. The second-order valence-electron chi connectivity index (χ2n) is 3.78. The number of carbonyl (C=O) groups is 1. The van der Waals surface area contributed by atoms with Gasteiger partial charge in [0.25, 0.3) is 5.91 Å². The van der Waals surface area contributed by atoms with Crippen molar-refractivity contribution in [2.24, 2.45) is 0 Å². The summed E-state index contributed by atoms with van der Waals surface area (Å²) in [6.07, 6.45) is 0. The molecule has 0 heterocycles. The SMILES string of the molecule is CCN(CC)C(=O)c1ccc(C)cc1NC. The Kier molecular flexibility index (Phi) is 4.35. The summed E-state index contributed by atoms with van der Waals surface area (Å²) in [6, 6.07) is 5.86. The molecule has 1 aromatic carbocycles. The first-order chi connectivity index (χ1) is 7.63. The van der Waals surface area contributed by atoms with Gasteiger partial charge in [-0.15, -0.1) is 0 Å². The third kappa shape index (κ3) is 2.54. The van der Waals surface area contributed by atoms with Crippen molar-refractivity contribution in [2.45, 2.75) is 20.8 Å². The maximum Gasteiger partial charge on any atom is 0.255 e. The largest absolute Gasteiger partial charge is 0.387 e. The van der Waals surface area contributed by atoms with E-state index in [0.717, 1.165) is 29.9 Å². The molecular weight excluding hydrogens is 200 g/mol. The lowest BCUT2D eigenvalue weighted by Crippen LogP contribution is -2.30. The molecule has 1 N–H and O–H groups in total. The third-order valence-electron chi connectivity index (χ3n) is 2.73. The minimum atomic E-state index is 0.0920. The molecule has 0 spiro atoms. The molecule has 0 fully saturated rings. The van der Waals surface area contributed by atoms with Crippen LogP contribution in [0.25, 0.3) is 0 Å². The van der Waals surface area contributed by atoms with Crippen LogP contribution in [0.3, 0.4) is 0 Å². The molecule has 1 amide bonds. The predicted molar refractivity (Wildman–Crippen MR) is 68.0 cm³/mol. The standard InChI is InChI=1S/C13H20N2O/c1-5-15(6-2)13(16)11-8-7-10(3)9-12(11)14-4/h7-9,14H,5-6H2,1-4H3. The molecule has 0 bridgehead atoms. The van der Waals surface area contributed by atoms with Gasteiger partial charge in [0, 0.05) is 25.8 Å². The summed E-state index contributed by atoms with van der Waals surface area (Å²) in [5.41, 5.74) is 2.80. The highest BCUT2D eigenvalue weighted by Gasteiger charge is 2.15. The lowest BCUT2D eigenvalue weighted by atomic mass is 10.1. The van der Waals surface area contributed by atoms with Crippen molar-refractivity contribution in [2.75, 3.05) is 25.5 Å². The highest BCUT2D eigenvalue weighted by molar-refractivity contribution is 5.99. The van der Waals surface area contributed by atoms with Crippen LogP contribution in [-0.4, -0.2) is 30.9 Å². The van der Waals surface area contributed by atoms with Crippen LogP contribution >= 0.6 is 0 Å². The third-order valence-corrected chi connectivity index (χ3v) is 2.73. The number of nitrogens with one attached hydrogen (secondary N) is 1. The van der Waals surface area contributed by atoms with Gasteiger partial charge in [0.15, 0.2) is 0 Å². The lowest BCUT2D eigenvalue weighted by molar-refractivity contribution is 0.0774. The smallest absolute Gasteiger partial charge is 0.255 e. The number of aryl methyl sites for hydroxylation is 1. The topological polar surface area (TPSA) is 32.3 Å². The number of anilines is 1. The molecule has 3 nitrogen and oxygen atoms in total. The second kappa shape index (κ2) is 5.54. The van der Waals surface area contributed by atoms with E-state index < -0.39 is 0 Å². The number of hydrogen-bond acceptors (Lipinski definition) is 2. The molecule has 0 aliphatic heterocycles. The van der Waals surface area contributed by atoms with Crippen molar-refractivity contribution in [3.8, 4) is 0 Å². The first-order valence-electron chi connectivity index (χ1n) is 5.71. The maximum atomic E-state index is 12.2. The van der Waals surface area contributed by atoms with Gasteiger partial charge < -0.3 is 10.2 Å². The molecule has 0 aromatic heterocycles. The van der Waals surface area contributed by atoms with Crippen molar-refractivity contribution in [3.05, 3.63) is 29.3 Å². The zero-order chi connectivity index (χ0) is 12.1. The van der Waals surface area contributed by atoms with Gasteiger partial charge in [-0.05, 0) is 38.5 Å². The van der Waals surface area contributed by atoms with Crippen LogP contribution in [0.1, 0.15) is 29.8 Å². The van der Waals surface area contributed by atoms with Crippen LogP contribution in [-0.2, 0) is 0 Å². The molecule has 0 radical (unpaired) electrons. The van der Waals surface area contributed by atoms with Gasteiger partial charge in [0.1, 0.15) is 0 Å². The first kappa shape index (κ1) is 12.6. The fraction of sp³-hybridized carbons (Fsp3) is 0.462. The molecule has 3 heteroatoms. The minimum Gasteiger partial charge on any atom is -0.387 e. The highest BCUT2D eigenvalue weighted by atomic mass is 16.2. The van der Waals surface area contributed by atoms with Crippen LogP contribution in [0.5, 0.6) is 0 Å². The molecule has 0 saturated heterocycles. The number of carbonyl (C=O) groups excluding carboxylic acids is 1. The fourth-order valence-electron chi connectivity index (χ4n) is 1.73. The van der Waals surface area contributed by atoms with Crippen LogP contribution in [0.15, 0.2) is 18.2 Å². The van der Waals surface area contributed by atoms with E-state index in [4.69, 9.17) is 0 Å². The van der Waals surface area contributed by atoms with E-state index in [1.807, 2.05) is 50.9 Å². The molecule has 0 aliphatic rings. The first-order valence-corrected chi connectivity index (χ1v) is 5.71. The van der Waals surface area contributed by atoms with E-state index in [-0.39, 0.29) is 5.91 Å². The Bertz CT molecular complexity index is 370. The normalized spacial score (nSPS) is 10.0. The molecule has 0 saturated carbocycles. The number of hydrogen-bond donors (Lipinski definition) is 1. The zero-order valence-corrected chi connectivity index (χ0v) is 10.5. The average molecular weight is 220 g/mol. The molecule has 88 valence electrons. The molecule has 1 aromatic rings. The Balaban J connectivity index is 3.07. The van der Waals surface area contributed by atoms with Crippen LogP contribution in [0.2, 0.25) is 0 Å². The van der Waals surface area contributed by atoms with Gasteiger partial charge in [0.2, 0.25) is 0 Å². The fourth-order valence-corrected chi connectivity index (χ4v) is 1.73. The summed E-state index contributed by atoms with van der Waals surface area (Å²) in [5, 5.41) is 3.07. The Morgan fingerprint density at radius 1 is 1.31 bits per heavy atom. The van der Waals surface area contributed by atoms with E-state index in [1.165, 1.54) is 0 Å². The van der Waals surface area contributed by atoms with Gasteiger partial charge in [-0.25, -0.2) is 0 Å². The summed E-state index contributed by atoms with van der Waals surface area (Å²) < 4.78 is 0. The molecular formula is C13H20N2O. The molecule has 0 atom stereocenters. The van der Waals surface area contributed by atoms with Gasteiger partial charge in [-0.2, -0.15) is 0 Å². The lowest BCUT2D eigenvalue weighted by Gasteiger charge is -2.20. The molecule has 1 rings (SSSR count). The van der Waals surface area contributed by atoms with Gasteiger partial charge in [0.05, 0.1) is 5.56 Å². The van der Waals surface area contributed by atoms with E-state index in [9.17, 15) is 4.79 Å². The summed E-state index contributed by atoms with van der Waals surface area (Å²) >= 11 is 0. The summed E-state index contributed by atoms with van der Waals surface area (Å²) in [7, 11) is 1.84. The average Bonchev–Trinajstić information content (AvgIpc) is 2.30. The molecule has 16 heavy (non-hydrogen) atoms. The quantitative estimate of drug-likeness (QED) is 0.845. The van der Waals surface area contributed by atoms with Crippen LogP contribution < -0.4 is 5.32 Å². The van der Waals surface area contributed by atoms with Crippen LogP contribution in [0, 0.1) is 6.92 Å². The highest BCUT2D eigenvalue weighted by Crippen LogP contribution is 2.18. The van der Waals surface area contributed by atoms with Gasteiger partial charge in [-0.3, -0.25) is 4.79 Å². The Morgan fingerprint density at radius 2 is 1.94 bits per heavy atom. The Labute approximate surface area is 97.5 Å². The number of amides is 1. The van der Waals surface area contributed by atoms with Crippen molar-refractivity contribution in [1.82, 2.24) is 4.90 Å². The van der Waals surface area contributed by atoms with Gasteiger partial charge in [-0.1, -0.05) is 6.07 Å². The van der Waals surface area contributed by atoms with Crippen molar-refractivity contribution >= 4 is 11.6 Å². The van der Waals surface area contributed by atoms with E-state index in [2.05, 4.69) is 5.32 Å². The Hall–Kier alpha value is -1.51. The summed E-state index contributed by atoms with van der Waals surface area (Å²) in [4.78, 5) is 14.0. The second-order valence-corrected chi connectivity index (χ2v) is 3.78. The Morgan fingerprint density at radius 3 is 2.44 bits per heavy atom. The monoisotopic (exact) mass is 220 g/mol. The van der Waals surface area contributed by atoms with Gasteiger partial charge >= 0.3 is 0 Å². The maximum absolute atomic E-state index is 12.2. The van der Waals surface area contributed by atoms with Crippen molar-refractivity contribution in [1.29, 1.82) is 0 Å². The van der Waals surface area contributed by atoms with E-state index >= 15 is 0 Å². The summed E-state index contributed by atoms with van der Waals surface area (Å²) in [5.74, 6) is 0.0920. The minimum absolute atomic E-state index is 0.0920. The number of nitrogens with zero attached hydrogens (tertiary/aromatic N) is 1. The predicted octanol–water partition coefficient (Wildman–Crippen LogP) is 2.52. The van der Waals surface area contributed by atoms with Crippen LogP contribution in [0.4, 0.5) is 5.69 Å². The van der Waals surface area contributed by atoms with Crippen molar-refractivity contribution in [3.63, 3.8) is 0 Å².